The van der Waals surface area contributed by atoms with Gasteiger partial charge < -0.3 is 9.64 Å². The van der Waals surface area contributed by atoms with Crippen LogP contribution in [0, 0.1) is 6.92 Å². The van der Waals surface area contributed by atoms with Gasteiger partial charge in [-0.2, -0.15) is 10.1 Å². The summed E-state index contributed by atoms with van der Waals surface area (Å²) in [7, 11) is 3.45. The zero-order valence-electron chi connectivity index (χ0n) is 18.0. The Labute approximate surface area is 185 Å². The number of hydrazone groups is 2. The zero-order chi connectivity index (χ0) is 22.3. The Bertz CT molecular complexity index is 1110. The molecule has 9 heteroatoms. The number of benzene rings is 2. The number of carbonyl (C=O) groups excluding carboxylic acids is 2. The first-order chi connectivity index (χ1) is 14.8. The lowest BCUT2D eigenvalue weighted by Crippen LogP contribution is -2.61. The van der Waals surface area contributed by atoms with Crippen LogP contribution in [0.4, 0.5) is 5.69 Å². The van der Waals surface area contributed by atoms with Crippen LogP contribution in [-0.4, -0.2) is 51.8 Å². The summed E-state index contributed by atoms with van der Waals surface area (Å²) in [6.07, 6.45) is 0. The molecule has 0 saturated heterocycles. The first kappa shape index (κ1) is 20.9. The number of aryl methyl sites for hydroxylation is 1. The Morgan fingerprint density at radius 1 is 1.06 bits per heavy atom. The fourth-order valence-electron chi connectivity index (χ4n) is 3.59. The predicted octanol–water partition coefficient (Wildman–Crippen LogP) is 3.23. The van der Waals surface area contributed by atoms with Crippen LogP contribution in [0.25, 0.3) is 0 Å². The molecule has 8 nitrogen and oxygen atoms in total. The number of amides is 1. The van der Waals surface area contributed by atoms with Crippen LogP contribution >= 0.6 is 11.8 Å². The maximum atomic E-state index is 12.7. The van der Waals surface area contributed by atoms with E-state index in [0.717, 1.165) is 22.6 Å². The Morgan fingerprint density at radius 2 is 1.77 bits per heavy atom. The zero-order valence-corrected chi connectivity index (χ0v) is 18.8. The van der Waals surface area contributed by atoms with Crippen LogP contribution in [0.2, 0.25) is 0 Å². The van der Waals surface area contributed by atoms with E-state index in [9.17, 15) is 9.59 Å². The first-order valence-electron chi connectivity index (χ1n) is 9.71. The summed E-state index contributed by atoms with van der Waals surface area (Å²) >= 11 is 1.21. The van der Waals surface area contributed by atoms with Gasteiger partial charge in [0.25, 0.3) is 5.12 Å². The minimum absolute atomic E-state index is 0.172. The molecule has 1 spiro atoms. The van der Waals surface area contributed by atoms with Gasteiger partial charge >= 0.3 is 0 Å². The van der Waals surface area contributed by atoms with Crippen molar-refractivity contribution in [1.29, 1.82) is 0 Å². The number of nitrogens with zero attached hydrogens (tertiary/aromatic N) is 5. The van der Waals surface area contributed by atoms with Crippen molar-refractivity contribution in [1.82, 2.24) is 9.91 Å². The average Bonchev–Trinajstić information content (AvgIpc) is 3.28. The molecule has 0 aliphatic carbocycles. The van der Waals surface area contributed by atoms with Crippen LogP contribution in [-0.2, 0) is 9.59 Å². The molecule has 4 rings (SSSR count). The van der Waals surface area contributed by atoms with Crippen LogP contribution in [0.3, 0.4) is 0 Å². The molecular weight excluding hydrogens is 414 g/mol. The van der Waals surface area contributed by atoms with Gasteiger partial charge in [-0.1, -0.05) is 12.1 Å². The van der Waals surface area contributed by atoms with Crippen LogP contribution in [0.1, 0.15) is 25.0 Å². The number of rotatable bonds is 4. The number of methoxy groups -OCH3 is 1. The van der Waals surface area contributed by atoms with Crippen LogP contribution in [0.5, 0.6) is 5.75 Å². The minimum atomic E-state index is -1.17. The van der Waals surface area contributed by atoms with E-state index in [1.165, 1.54) is 30.6 Å². The monoisotopic (exact) mass is 437 g/mol. The number of carbonyl (C=O) groups is 2. The Morgan fingerprint density at radius 3 is 2.35 bits per heavy atom. The fraction of sp³-hybridized carbons (Fsp3) is 0.273. The number of Topliss-reactive ketones (excluding diaryl/α,β-unsaturated/α-hetero) is 1. The van der Waals surface area contributed by atoms with E-state index >= 15 is 0 Å². The second kappa shape index (κ2) is 7.73. The van der Waals surface area contributed by atoms with E-state index in [1.54, 1.807) is 12.1 Å². The smallest absolute Gasteiger partial charge is 0.292 e. The number of thioether (sulfide) groups is 1. The SMILES string of the molecule is COc1ccc(C2=NN(C(C)=O)[C@@]3(SC(C(C)=O)=NN3c3cccc(C)c3)N2C)cc1. The van der Waals surface area contributed by atoms with Gasteiger partial charge in [-0.05, 0) is 60.6 Å². The standard InChI is InChI=1S/C22H23N5O3S/c1-14-7-6-8-18(13-14)27-22(31-21(24-27)15(2)28)25(4)20(23-26(22)16(3)29)17-9-11-19(30-5)12-10-17/h6-13H,1-5H3/t22-/m0/s1. The van der Waals surface area contributed by atoms with Crippen LogP contribution in [0.15, 0.2) is 58.7 Å². The van der Waals surface area contributed by atoms with Gasteiger partial charge in [-0.25, -0.2) is 5.01 Å². The Kier molecular flexibility index (Phi) is 5.22. The maximum absolute atomic E-state index is 12.7. The van der Waals surface area contributed by atoms with Crippen molar-refractivity contribution in [3.05, 3.63) is 59.7 Å². The minimum Gasteiger partial charge on any atom is -0.497 e. The third-order valence-corrected chi connectivity index (χ3v) is 6.58. The summed E-state index contributed by atoms with van der Waals surface area (Å²) in [6, 6.07) is 15.2. The number of ketones is 1. The lowest BCUT2D eigenvalue weighted by Gasteiger charge is -2.42. The summed E-state index contributed by atoms with van der Waals surface area (Å²) in [5.41, 5.74) is 2.61. The molecule has 0 N–H and O–H groups in total. The van der Waals surface area contributed by atoms with Gasteiger partial charge in [0, 0.05) is 26.5 Å². The number of ether oxygens (including phenoxy) is 1. The van der Waals surface area contributed by atoms with Crippen molar-refractivity contribution in [3.63, 3.8) is 0 Å². The maximum Gasteiger partial charge on any atom is 0.292 e. The molecular formula is C22H23N5O3S. The van der Waals surface area contributed by atoms with Crippen molar-refractivity contribution in [3.8, 4) is 5.75 Å². The van der Waals surface area contributed by atoms with Crippen molar-refractivity contribution in [2.45, 2.75) is 25.9 Å². The second-order valence-corrected chi connectivity index (χ2v) is 8.47. The van der Waals surface area contributed by atoms with Gasteiger partial charge in [-0.3, -0.25) is 9.59 Å². The quantitative estimate of drug-likeness (QED) is 0.731. The van der Waals surface area contributed by atoms with Crippen molar-refractivity contribution in [2.75, 3.05) is 19.2 Å². The molecule has 0 unspecified atom stereocenters. The first-order valence-corrected chi connectivity index (χ1v) is 10.5. The molecule has 1 amide bonds. The van der Waals surface area contributed by atoms with E-state index in [4.69, 9.17) is 4.74 Å². The Hall–Kier alpha value is -3.33. The molecule has 0 fully saturated rings. The molecule has 31 heavy (non-hydrogen) atoms. The molecule has 2 aromatic carbocycles. The predicted molar refractivity (Wildman–Crippen MR) is 122 cm³/mol. The lowest BCUT2D eigenvalue weighted by atomic mass is 10.2. The summed E-state index contributed by atoms with van der Waals surface area (Å²) in [5.74, 6) is 0.875. The highest BCUT2D eigenvalue weighted by Gasteiger charge is 2.60. The van der Waals surface area contributed by atoms with Gasteiger partial charge in [0.2, 0.25) is 5.91 Å². The molecule has 2 aromatic rings. The number of amidine groups is 1. The number of anilines is 1. The third kappa shape index (κ3) is 3.34. The summed E-state index contributed by atoms with van der Waals surface area (Å²) in [4.78, 5) is 26.9. The highest BCUT2D eigenvalue weighted by Crippen LogP contribution is 2.48. The largest absolute Gasteiger partial charge is 0.497 e. The van der Waals surface area contributed by atoms with E-state index in [2.05, 4.69) is 10.2 Å². The molecule has 0 radical (unpaired) electrons. The van der Waals surface area contributed by atoms with Gasteiger partial charge in [0.1, 0.15) is 5.75 Å². The topological polar surface area (TPSA) is 77.8 Å². The fourth-order valence-corrected chi connectivity index (χ4v) is 4.83. The van der Waals surface area contributed by atoms with Gasteiger partial charge in [0.15, 0.2) is 16.7 Å². The van der Waals surface area contributed by atoms with E-state index in [-0.39, 0.29) is 11.7 Å². The summed E-state index contributed by atoms with van der Waals surface area (Å²) in [5, 5.41) is 11.5. The molecule has 0 bridgehead atoms. The molecule has 2 aliphatic heterocycles. The molecule has 1 atom stereocenters. The number of hydrogen-bond donors (Lipinski definition) is 0. The Balaban J connectivity index is 1.85. The van der Waals surface area contributed by atoms with Crippen molar-refractivity contribution < 1.29 is 14.3 Å². The normalized spacial score (nSPS) is 20.2. The van der Waals surface area contributed by atoms with E-state index in [1.807, 2.05) is 67.4 Å². The molecule has 0 saturated carbocycles. The van der Waals surface area contributed by atoms with Crippen LogP contribution < -0.4 is 9.75 Å². The lowest BCUT2D eigenvalue weighted by molar-refractivity contribution is -0.133. The van der Waals surface area contributed by atoms with Gasteiger partial charge in [0.05, 0.1) is 12.8 Å². The molecule has 2 heterocycles. The molecule has 160 valence electrons. The van der Waals surface area contributed by atoms with E-state index < -0.39 is 5.12 Å². The molecule has 0 aromatic heterocycles. The summed E-state index contributed by atoms with van der Waals surface area (Å²) < 4.78 is 5.25. The summed E-state index contributed by atoms with van der Waals surface area (Å²) in [6.45, 7) is 4.91. The van der Waals surface area contributed by atoms with Crippen molar-refractivity contribution in [2.24, 2.45) is 10.2 Å². The highest BCUT2D eigenvalue weighted by molar-refractivity contribution is 8.17. The average molecular weight is 438 g/mol. The van der Waals surface area contributed by atoms with Crippen molar-refractivity contribution >= 4 is 40.0 Å². The van der Waals surface area contributed by atoms with Gasteiger partial charge in [-0.15, -0.1) is 5.10 Å². The van der Waals surface area contributed by atoms with E-state index in [0.29, 0.717) is 10.9 Å². The molecule has 2 aliphatic rings. The second-order valence-electron chi connectivity index (χ2n) is 7.33. The third-order valence-electron chi connectivity index (χ3n) is 5.12. The number of hydrogen-bond acceptors (Lipinski definition) is 8. The highest BCUT2D eigenvalue weighted by atomic mass is 32.2.